The van der Waals surface area contributed by atoms with Crippen molar-refractivity contribution in [3.05, 3.63) is 23.8 Å². The molecule has 1 saturated heterocycles. The van der Waals surface area contributed by atoms with Crippen molar-refractivity contribution in [1.82, 2.24) is 4.31 Å². The highest BCUT2D eigenvalue weighted by Crippen LogP contribution is 2.25. The smallest absolute Gasteiger partial charge is 0.243 e. The van der Waals surface area contributed by atoms with E-state index in [1.807, 2.05) is 6.92 Å². The molecule has 7 heteroatoms. The zero-order valence-corrected chi connectivity index (χ0v) is 13.7. The molecule has 0 amide bonds. The maximum absolute atomic E-state index is 12.6. The molecule has 6 nitrogen and oxygen atoms in total. The molecule has 1 aromatic carbocycles. The van der Waals surface area contributed by atoms with Gasteiger partial charge >= 0.3 is 0 Å². The highest BCUT2D eigenvalue weighted by Gasteiger charge is 2.27. The molecule has 0 radical (unpaired) electrons. The van der Waals surface area contributed by atoms with E-state index in [0.29, 0.717) is 44.2 Å². The number of carbonyl (C=O) groups is 1. The van der Waals surface area contributed by atoms with Crippen molar-refractivity contribution < 1.29 is 22.7 Å². The molecule has 0 aromatic heterocycles. The van der Waals surface area contributed by atoms with E-state index in [-0.39, 0.29) is 10.7 Å². The SMILES string of the molecule is CCCOc1ccc(S(=O)(=O)N2CCOCC2)cc1C(C)=O. The molecular formula is C15H21NO5S. The zero-order chi connectivity index (χ0) is 16.2. The second-order valence-electron chi connectivity index (χ2n) is 5.08. The van der Waals surface area contributed by atoms with Gasteiger partial charge in [0.2, 0.25) is 10.0 Å². The first-order valence-electron chi connectivity index (χ1n) is 7.32. The second kappa shape index (κ2) is 7.21. The number of rotatable bonds is 6. The van der Waals surface area contributed by atoms with E-state index in [9.17, 15) is 13.2 Å². The maximum Gasteiger partial charge on any atom is 0.243 e. The number of benzene rings is 1. The fourth-order valence-electron chi connectivity index (χ4n) is 2.22. The van der Waals surface area contributed by atoms with Crippen LogP contribution in [-0.4, -0.2) is 51.4 Å². The van der Waals surface area contributed by atoms with Gasteiger partial charge in [0.05, 0.1) is 30.3 Å². The highest BCUT2D eigenvalue weighted by atomic mass is 32.2. The molecule has 1 aliphatic rings. The molecule has 1 aliphatic heterocycles. The van der Waals surface area contributed by atoms with E-state index < -0.39 is 10.0 Å². The Bertz CT molecular complexity index is 635. The Morgan fingerprint density at radius 2 is 2.00 bits per heavy atom. The Hall–Kier alpha value is -1.44. The number of ether oxygens (including phenoxy) is 2. The minimum atomic E-state index is -3.61. The Balaban J connectivity index is 2.35. The van der Waals surface area contributed by atoms with Gasteiger partial charge in [-0.15, -0.1) is 0 Å². The number of Topliss-reactive ketones (excluding diaryl/α,β-unsaturated/α-hetero) is 1. The summed E-state index contributed by atoms with van der Waals surface area (Å²) in [5.41, 5.74) is 0.294. The maximum atomic E-state index is 12.6. The summed E-state index contributed by atoms with van der Waals surface area (Å²) in [6.45, 7) is 5.27. The molecule has 2 rings (SSSR count). The molecule has 0 aliphatic carbocycles. The number of hydrogen-bond donors (Lipinski definition) is 0. The predicted octanol–water partition coefficient (Wildman–Crippen LogP) is 1.70. The highest BCUT2D eigenvalue weighted by molar-refractivity contribution is 7.89. The van der Waals surface area contributed by atoms with Crippen LogP contribution >= 0.6 is 0 Å². The van der Waals surface area contributed by atoms with Gasteiger partial charge in [0, 0.05) is 13.1 Å². The van der Waals surface area contributed by atoms with Crippen LogP contribution in [0.1, 0.15) is 30.6 Å². The summed E-state index contributed by atoms with van der Waals surface area (Å²) in [6, 6.07) is 4.44. The van der Waals surface area contributed by atoms with Crippen molar-refractivity contribution >= 4 is 15.8 Å². The van der Waals surface area contributed by atoms with Crippen molar-refractivity contribution in [2.75, 3.05) is 32.9 Å². The standard InChI is InChI=1S/C15H21NO5S/c1-3-8-21-15-5-4-13(11-14(15)12(2)17)22(18,19)16-6-9-20-10-7-16/h4-5,11H,3,6-10H2,1-2H3. The van der Waals surface area contributed by atoms with Gasteiger partial charge in [0.25, 0.3) is 0 Å². The first-order valence-corrected chi connectivity index (χ1v) is 8.76. The lowest BCUT2D eigenvalue weighted by atomic mass is 10.1. The van der Waals surface area contributed by atoms with Gasteiger partial charge in [-0.05, 0) is 31.5 Å². The average Bonchev–Trinajstić information content (AvgIpc) is 2.53. The normalized spacial score (nSPS) is 16.5. The first kappa shape index (κ1) is 16.9. The average molecular weight is 327 g/mol. The van der Waals surface area contributed by atoms with Gasteiger partial charge < -0.3 is 9.47 Å². The molecule has 1 fully saturated rings. The molecule has 0 unspecified atom stereocenters. The molecule has 0 atom stereocenters. The Labute approximate surface area is 131 Å². The fourth-order valence-corrected chi connectivity index (χ4v) is 3.65. The molecule has 122 valence electrons. The zero-order valence-electron chi connectivity index (χ0n) is 12.9. The third kappa shape index (κ3) is 3.66. The van der Waals surface area contributed by atoms with Gasteiger partial charge in [-0.1, -0.05) is 6.92 Å². The number of hydrogen-bond acceptors (Lipinski definition) is 5. The summed E-state index contributed by atoms with van der Waals surface area (Å²) < 4.78 is 37.3. The van der Waals surface area contributed by atoms with Gasteiger partial charge in [0.1, 0.15) is 5.75 Å². The van der Waals surface area contributed by atoms with E-state index in [1.165, 1.54) is 23.4 Å². The lowest BCUT2D eigenvalue weighted by molar-refractivity contribution is 0.0730. The van der Waals surface area contributed by atoms with Crippen LogP contribution in [-0.2, 0) is 14.8 Å². The van der Waals surface area contributed by atoms with Crippen LogP contribution in [0.15, 0.2) is 23.1 Å². The summed E-state index contributed by atoms with van der Waals surface area (Å²) in [4.78, 5) is 11.9. The molecule has 0 bridgehead atoms. The van der Waals surface area contributed by atoms with Crippen molar-refractivity contribution in [2.45, 2.75) is 25.2 Å². The van der Waals surface area contributed by atoms with Gasteiger partial charge in [-0.2, -0.15) is 4.31 Å². The minimum Gasteiger partial charge on any atom is -0.493 e. The fraction of sp³-hybridized carbons (Fsp3) is 0.533. The van der Waals surface area contributed by atoms with Crippen LogP contribution in [0.2, 0.25) is 0 Å². The summed E-state index contributed by atoms with van der Waals surface area (Å²) in [5.74, 6) is 0.209. The molecular weight excluding hydrogens is 306 g/mol. The Morgan fingerprint density at radius 1 is 1.32 bits per heavy atom. The minimum absolute atomic E-state index is 0.114. The van der Waals surface area contributed by atoms with E-state index in [4.69, 9.17) is 9.47 Å². The van der Waals surface area contributed by atoms with Crippen molar-refractivity contribution in [1.29, 1.82) is 0 Å². The second-order valence-corrected chi connectivity index (χ2v) is 7.02. The first-order chi connectivity index (χ1) is 10.5. The Morgan fingerprint density at radius 3 is 2.59 bits per heavy atom. The molecule has 0 saturated carbocycles. The van der Waals surface area contributed by atoms with Crippen molar-refractivity contribution in [3.8, 4) is 5.75 Å². The molecule has 0 N–H and O–H groups in total. The topological polar surface area (TPSA) is 72.9 Å². The summed E-state index contributed by atoms with van der Waals surface area (Å²) in [7, 11) is -3.61. The summed E-state index contributed by atoms with van der Waals surface area (Å²) in [5, 5.41) is 0. The van der Waals surface area contributed by atoms with Gasteiger partial charge in [-0.25, -0.2) is 8.42 Å². The number of carbonyl (C=O) groups excluding carboxylic acids is 1. The lowest BCUT2D eigenvalue weighted by Gasteiger charge is -2.26. The van der Waals surface area contributed by atoms with Crippen LogP contribution in [0.25, 0.3) is 0 Å². The van der Waals surface area contributed by atoms with Crippen LogP contribution in [0.4, 0.5) is 0 Å². The van der Waals surface area contributed by atoms with Crippen LogP contribution in [0.5, 0.6) is 5.75 Å². The van der Waals surface area contributed by atoms with Gasteiger partial charge in [-0.3, -0.25) is 4.79 Å². The predicted molar refractivity (Wildman–Crippen MR) is 81.8 cm³/mol. The summed E-state index contributed by atoms with van der Waals surface area (Å²) >= 11 is 0. The number of sulfonamides is 1. The largest absolute Gasteiger partial charge is 0.493 e. The molecule has 1 heterocycles. The monoisotopic (exact) mass is 327 g/mol. The quantitative estimate of drug-likeness (QED) is 0.744. The van der Waals surface area contributed by atoms with Crippen molar-refractivity contribution in [3.63, 3.8) is 0 Å². The molecule has 22 heavy (non-hydrogen) atoms. The summed E-state index contributed by atoms with van der Waals surface area (Å²) in [6.07, 6.45) is 0.811. The van der Waals surface area contributed by atoms with E-state index in [2.05, 4.69) is 0 Å². The molecule has 1 aromatic rings. The number of morpholine rings is 1. The van der Waals surface area contributed by atoms with Crippen LogP contribution < -0.4 is 4.74 Å². The number of ketones is 1. The lowest BCUT2D eigenvalue weighted by Crippen LogP contribution is -2.40. The van der Waals surface area contributed by atoms with E-state index in [0.717, 1.165) is 6.42 Å². The third-order valence-electron chi connectivity index (χ3n) is 3.40. The third-order valence-corrected chi connectivity index (χ3v) is 5.29. The van der Waals surface area contributed by atoms with Gasteiger partial charge in [0.15, 0.2) is 5.78 Å². The molecule has 0 spiro atoms. The van der Waals surface area contributed by atoms with Crippen LogP contribution in [0, 0.1) is 0 Å². The number of nitrogens with zero attached hydrogens (tertiary/aromatic N) is 1. The van der Waals surface area contributed by atoms with E-state index in [1.54, 1.807) is 6.07 Å². The Kier molecular flexibility index (Phi) is 5.55. The van der Waals surface area contributed by atoms with E-state index >= 15 is 0 Å². The van der Waals surface area contributed by atoms with Crippen LogP contribution in [0.3, 0.4) is 0 Å². The van der Waals surface area contributed by atoms with Crippen molar-refractivity contribution in [2.24, 2.45) is 0 Å².